The van der Waals surface area contributed by atoms with Gasteiger partial charge in [0.1, 0.15) is 11.8 Å². The molecule has 0 bridgehead atoms. The van der Waals surface area contributed by atoms with Crippen LogP contribution in [0, 0.1) is 11.3 Å². The van der Waals surface area contributed by atoms with Gasteiger partial charge in [0, 0.05) is 18.1 Å². The van der Waals surface area contributed by atoms with E-state index in [9.17, 15) is 0 Å². The average Bonchev–Trinajstić information content (AvgIpc) is 2.30. The number of hydrogen-bond acceptors (Lipinski definition) is 4. The molecule has 0 aliphatic carbocycles. The molecule has 0 fully saturated rings. The summed E-state index contributed by atoms with van der Waals surface area (Å²) in [4.78, 5) is 3.97. The van der Waals surface area contributed by atoms with Gasteiger partial charge in [0.2, 0.25) is 0 Å². The Morgan fingerprint density at radius 3 is 3.07 bits per heavy atom. The first-order valence-electron chi connectivity index (χ1n) is 4.65. The van der Waals surface area contributed by atoms with Crippen LogP contribution in [0.2, 0.25) is 0 Å². The Kier molecular flexibility index (Phi) is 5.34. The maximum absolute atomic E-state index is 8.56. The maximum atomic E-state index is 8.56. The highest BCUT2D eigenvalue weighted by molar-refractivity contribution is 7.99. The van der Waals surface area contributed by atoms with Crippen molar-refractivity contribution in [3.05, 3.63) is 36.7 Å². The molecule has 1 heterocycles. The van der Waals surface area contributed by atoms with E-state index in [1.165, 1.54) is 0 Å². The normalized spacial score (nSPS) is 9.27. The highest BCUT2D eigenvalue weighted by Crippen LogP contribution is 2.06. The van der Waals surface area contributed by atoms with E-state index in [4.69, 9.17) is 5.26 Å². The second-order valence-corrected chi connectivity index (χ2v) is 3.98. The summed E-state index contributed by atoms with van der Waals surface area (Å²) in [5.41, 5.74) is 1.40. The van der Waals surface area contributed by atoms with Crippen molar-refractivity contribution >= 4 is 17.4 Å². The van der Waals surface area contributed by atoms with Crippen LogP contribution in [0.15, 0.2) is 31.0 Å². The van der Waals surface area contributed by atoms with E-state index >= 15 is 0 Å². The van der Waals surface area contributed by atoms with E-state index in [0.717, 1.165) is 23.7 Å². The third-order valence-corrected chi connectivity index (χ3v) is 2.65. The maximum Gasteiger partial charge on any atom is 0.140 e. The summed E-state index contributed by atoms with van der Waals surface area (Å²) in [6.45, 7) is 4.55. The number of nitrogens with one attached hydrogen (secondary N) is 1. The van der Waals surface area contributed by atoms with Crippen LogP contribution < -0.4 is 5.32 Å². The molecule has 1 aromatic rings. The summed E-state index contributed by atoms with van der Waals surface area (Å²) in [7, 11) is 0. The van der Waals surface area contributed by atoms with E-state index < -0.39 is 0 Å². The van der Waals surface area contributed by atoms with Crippen molar-refractivity contribution in [3.8, 4) is 6.07 Å². The molecule has 0 saturated carbocycles. The summed E-state index contributed by atoms with van der Waals surface area (Å²) in [5.74, 6) is 2.01. The van der Waals surface area contributed by atoms with Crippen LogP contribution in [0.1, 0.15) is 5.69 Å². The molecule has 0 aromatic carbocycles. The number of nitrogens with zero attached hydrogens (tertiary/aromatic N) is 2. The molecule has 0 amide bonds. The smallest absolute Gasteiger partial charge is 0.140 e. The van der Waals surface area contributed by atoms with Crippen LogP contribution in [0.5, 0.6) is 0 Å². The minimum absolute atomic E-state index is 0.446. The molecule has 0 aliphatic rings. The van der Waals surface area contributed by atoms with E-state index in [1.807, 2.05) is 30.0 Å². The average molecular weight is 219 g/mol. The van der Waals surface area contributed by atoms with Crippen LogP contribution >= 0.6 is 11.8 Å². The third kappa shape index (κ3) is 4.52. The van der Waals surface area contributed by atoms with Gasteiger partial charge in [-0.05, 0) is 12.1 Å². The molecule has 0 aliphatic heterocycles. The van der Waals surface area contributed by atoms with Crippen molar-refractivity contribution in [3.63, 3.8) is 0 Å². The number of nitriles is 1. The molecule has 3 nitrogen and oxygen atoms in total. The molecule has 1 rings (SSSR count). The van der Waals surface area contributed by atoms with E-state index in [2.05, 4.69) is 16.9 Å². The van der Waals surface area contributed by atoms with E-state index in [0.29, 0.717) is 5.69 Å². The minimum atomic E-state index is 0.446. The molecule has 0 saturated heterocycles. The lowest BCUT2D eigenvalue weighted by Crippen LogP contribution is -2.04. The Morgan fingerprint density at radius 2 is 2.47 bits per heavy atom. The second-order valence-electron chi connectivity index (χ2n) is 2.83. The van der Waals surface area contributed by atoms with Gasteiger partial charge >= 0.3 is 0 Å². The summed E-state index contributed by atoms with van der Waals surface area (Å²) in [5, 5.41) is 11.8. The molecular weight excluding hydrogens is 206 g/mol. The lowest BCUT2D eigenvalue weighted by Gasteiger charge is -2.04. The Balaban J connectivity index is 2.26. The summed E-state index contributed by atoms with van der Waals surface area (Å²) in [6, 6.07) is 5.56. The van der Waals surface area contributed by atoms with Crippen LogP contribution in [-0.4, -0.2) is 23.0 Å². The molecular formula is C11H13N3S. The number of hydrogen-bond donors (Lipinski definition) is 1. The van der Waals surface area contributed by atoms with Gasteiger partial charge in [-0.25, -0.2) is 4.98 Å². The molecule has 0 atom stereocenters. The van der Waals surface area contributed by atoms with Gasteiger partial charge in [0.05, 0.1) is 11.9 Å². The topological polar surface area (TPSA) is 48.7 Å². The minimum Gasteiger partial charge on any atom is -0.383 e. The van der Waals surface area contributed by atoms with Crippen molar-refractivity contribution < 1.29 is 0 Å². The second kappa shape index (κ2) is 6.91. The molecule has 4 heteroatoms. The van der Waals surface area contributed by atoms with Crippen molar-refractivity contribution in [2.45, 2.75) is 0 Å². The van der Waals surface area contributed by atoms with Crippen LogP contribution in [0.4, 0.5) is 5.69 Å². The largest absolute Gasteiger partial charge is 0.383 e. The molecule has 15 heavy (non-hydrogen) atoms. The Morgan fingerprint density at radius 1 is 1.60 bits per heavy atom. The predicted octanol–water partition coefficient (Wildman–Crippen LogP) is 2.28. The Bertz CT molecular complexity index is 340. The SMILES string of the molecule is C=CCSCCNc1ccc(C#N)nc1. The van der Waals surface area contributed by atoms with Gasteiger partial charge in [-0.3, -0.25) is 0 Å². The van der Waals surface area contributed by atoms with Gasteiger partial charge in [-0.15, -0.1) is 6.58 Å². The monoisotopic (exact) mass is 219 g/mol. The number of anilines is 1. The Labute approximate surface area is 94.2 Å². The number of thioether (sulfide) groups is 1. The Hall–Kier alpha value is -1.47. The zero-order valence-corrected chi connectivity index (χ0v) is 9.26. The highest BCUT2D eigenvalue weighted by Gasteiger charge is 1.93. The fraction of sp³-hybridized carbons (Fsp3) is 0.273. The summed E-state index contributed by atoms with van der Waals surface area (Å²) in [6.07, 6.45) is 3.57. The zero-order valence-electron chi connectivity index (χ0n) is 8.44. The van der Waals surface area contributed by atoms with Crippen molar-refractivity contribution in [1.29, 1.82) is 5.26 Å². The van der Waals surface area contributed by atoms with E-state index in [1.54, 1.807) is 12.3 Å². The van der Waals surface area contributed by atoms with Gasteiger partial charge in [-0.1, -0.05) is 6.08 Å². The first-order chi connectivity index (χ1) is 7.36. The predicted molar refractivity (Wildman–Crippen MR) is 65.0 cm³/mol. The fourth-order valence-corrected chi connectivity index (χ4v) is 1.58. The van der Waals surface area contributed by atoms with Crippen molar-refractivity contribution in [2.24, 2.45) is 0 Å². The number of rotatable bonds is 6. The van der Waals surface area contributed by atoms with Crippen LogP contribution in [0.25, 0.3) is 0 Å². The van der Waals surface area contributed by atoms with Gasteiger partial charge in [0.25, 0.3) is 0 Å². The zero-order chi connectivity index (χ0) is 10.9. The number of pyridine rings is 1. The quantitative estimate of drug-likeness (QED) is 0.589. The van der Waals surface area contributed by atoms with Gasteiger partial charge < -0.3 is 5.32 Å². The highest BCUT2D eigenvalue weighted by atomic mass is 32.2. The van der Waals surface area contributed by atoms with Crippen LogP contribution in [-0.2, 0) is 0 Å². The lowest BCUT2D eigenvalue weighted by molar-refractivity contribution is 1.19. The standard InChI is InChI=1S/C11H13N3S/c1-2-6-15-7-5-13-11-4-3-10(8-12)14-9-11/h2-4,9,13H,1,5-7H2. The fourth-order valence-electron chi connectivity index (χ4n) is 0.999. The lowest BCUT2D eigenvalue weighted by atomic mass is 10.3. The van der Waals surface area contributed by atoms with Crippen LogP contribution in [0.3, 0.4) is 0 Å². The molecule has 1 aromatic heterocycles. The molecule has 1 N–H and O–H groups in total. The number of aromatic nitrogens is 1. The summed E-state index contributed by atoms with van der Waals surface area (Å²) >= 11 is 1.83. The van der Waals surface area contributed by atoms with E-state index in [-0.39, 0.29) is 0 Å². The summed E-state index contributed by atoms with van der Waals surface area (Å²) < 4.78 is 0. The third-order valence-electron chi connectivity index (χ3n) is 1.69. The molecule has 78 valence electrons. The first kappa shape index (κ1) is 11.6. The molecule has 0 unspecified atom stereocenters. The van der Waals surface area contributed by atoms with Crippen molar-refractivity contribution in [1.82, 2.24) is 4.98 Å². The molecule has 0 radical (unpaired) electrons. The van der Waals surface area contributed by atoms with Crippen molar-refractivity contribution in [2.75, 3.05) is 23.4 Å². The van der Waals surface area contributed by atoms with Gasteiger partial charge in [0.15, 0.2) is 0 Å². The molecule has 0 spiro atoms. The van der Waals surface area contributed by atoms with Gasteiger partial charge in [-0.2, -0.15) is 17.0 Å². The first-order valence-corrected chi connectivity index (χ1v) is 5.81.